The van der Waals surface area contributed by atoms with Gasteiger partial charge in [-0.05, 0) is 48.3 Å². The molecule has 4 N–H and O–H groups in total. The number of aromatic nitrogens is 2. The average Bonchev–Trinajstić information content (AvgIpc) is 3.56. The minimum absolute atomic E-state index is 0.0122. The highest BCUT2D eigenvalue weighted by Crippen LogP contribution is 2.39. The van der Waals surface area contributed by atoms with E-state index in [1.807, 2.05) is 48.5 Å². The standard InChI is InChI=1S/C38H59N7O6/c1-9-11-15-26(29(46)34(49)41-18-10-2)42-33(48)28-21-25(24(3)4)23-45(28)36(51)31(37(5,6)7)44-35(50)30(38(8)16-13-12-14-17-38)43-32(47)27-22-39-19-20-40-27/h10,19-20,22,24-26,28,30-31H,2,9,11-18,21,23H2,1,3-8H3,(H,41,49)(H,42,48)(H,43,47)(H,44,50)/t25-,26?,28+,30-,31-/m1/s1. The Bertz CT molecular complexity index is 1400. The normalized spacial score (nSPS) is 20.4. The third-order valence-corrected chi connectivity index (χ3v) is 10.4. The number of hydrogen-bond donors (Lipinski definition) is 4. The van der Waals surface area contributed by atoms with Crippen molar-refractivity contribution < 1.29 is 28.8 Å². The number of carbonyl (C=O) groups is 6. The molecule has 5 amide bonds. The van der Waals surface area contributed by atoms with E-state index in [0.717, 1.165) is 25.7 Å². The molecule has 0 radical (unpaired) electrons. The number of Topliss-reactive ketones (excluding diaryl/α,β-unsaturated/α-hetero) is 1. The van der Waals surface area contributed by atoms with Gasteiger partial charge in [-0.25, -0.2) is 4.98 Å². The Morgan fingerprint density at radius 3 is 2.29 bits per heavy atom. The minimum atomic E-state index is -1.05. The van der Waals surface area contributed by atoms with E-state index < -0.39 is 70.3 Å². The Hall–Kier alpha value is -4.16. The van der Waals surface area contributed by atoms with Crippen LogP contribution < -0.4 is 21.3 Å². The van der Waals surface area contributed by atoms with Crippen molar-refractivity contribution in [2.24, 2.45) is 22.7 Å². The molecule has 1 aromatic heterocycles. The van der Waals surface area contributed by atoms with Crippen LogP contribution in [0.3, 0.4) is 0 Å². The van der Waals surface area contributed by atoms with Gasteiger partial charge in [0.25, 0.3) is 11.8 Å². The molecule has 51 heavy (non-hydrogen) atoms. The average molecular weight is 710 g/mol. The van der Waals surface area contributed by atoms with Gasteiger partial charge >= 0.3 is 0 Å². The molecule has 5 atom stereocenters. The van der Waals surface area contributed by atoms with Crippen LogP contribution in [0.2, 0.25) is 0 Å². The van der Waals surface area contributed by atoms with E-state index in [2.05, 4.69) is 37.8 Å². The second-order valence-electron chi connectivity index (χ2n) is 15.8. The van der Waals surface area contributed by atoms with Crippen molar-refractivity contribution in [1.82, 2.24) is 36.1 Å². The molecule has 13 nitrogen and oxygen atoms in total. The van der Waals surface area contributed by atoms with Gasteiger partial charge in [-0.2, -0.15) is 0 Å². The number of ketones is 1. The quantitative estimate of drug-likeness (QED) is 0.149. The fraction of sp³-hybridized carbons (Fsp3) is 0.684. The molecule has 2 fully saturated rings. The van der Waals surface area contributed by atoms with Gasteiger partial charge in [-0.1, -0.05) is 86.6 Å². The Labute approximate surface area is 303 Å². The van der Waals surface area contributed by atoms with Crippen molar-refractivity contribution in [3.8, 4) is 0 Å². The monoisotopic (exact) mass is 709 g/mol. The summed E-state index contributed by atoms with van der Waals surface area (Å²) in [5, 5.41) is 11.2. The van der Waals surface area contributed by atoms with Gasteiger partial charge in [0, 0.05) is 25.5 Å². The lowest BCUT2D eigenvalue weighted by molar-refractivity contribution is -0.145. The highest BCUT2D eigenvalue weighted by molar-refractivity contribution is 6.38. The molecule has 1 saturated carbocycles. The van der Waals surface area contributed by atoms with Crippen LogP contribution >= 0.6 is 0 Å². The highest BCUT2D eigenvalue weighted by atomic mass is 16.2. The van der Waals surface area contributed by atoms with Crippen LogP contribution in [-0.4, -0.2) is 87.4 Å². The molecule has 0 spiro atoms. The minimum Gasteiger partial charge on any atom is -0.346 e. The Balaban J connectivity index is 1.92. The summed E-state index contributed by atoms with van der Waals surface area (Å²) in [6.07, 6.45) is 12.0. The first-order valence-corrected chi connectivity index (χ1v) is 18.4. The lowest BCUT2D eigenvalue weighted by atomic mass is 9.70. The summed E-state index contributed by atoms with van der Waals surface area (Å²) in [5.41, 5.74) is -1.26. The molecule has 2 aliphatic rings. The molecular formula is C38H59N7O6. The van der Waals surface area contributed by atoms with Crippen molar-refractivity contribution in [3.63, 3.8) is 0 Å². The van der Waals surface area contributed by atoms with Gasteiger partial charge in [0.2, 0.25) is 23.5 Å². The number of unbranched alkanes of at least 4 members (excludes halogenated alkanes) is 1. The lowest BCUT2D eigenvalue weighted by Crippen LogP contribution is -2.63. The Kier molecular flexibility index (Phi) is 14.9. The summed E-state index contributed by atoms with van der Waals surface area (Å²) in [7, 11) is 0. The summed E-state index contributed by atoms with van der Waals surface area (Å²) in [5.74, 6) is -3.38. The largest absolute Gasteiger partial charge is 0.346 e. The first-order chi connectivity index (χ1) is 24.0. The first kappa shape index (κ1) is 41.3. The number of amides is 5. The predicted molar refractivity (Wildman–Crippen MR) is 194 cm³/mol. The van der Waals surface area contributed by atoms with Gasteiger partial charge in [0.1, 0.15) is 23.8 Å². The highest BCUT2D eigenvalue weighted by Gasteiger charge is 2.48. The summed E-state index contributed by atoms with van der Waals surface area (Å²) in [4.78, 5) is 91.6. The molecule has 3 rings (SSSR count). The zero-order valence-electron chi connectivity index (χ0n) is 31.5. The van der Waals surface area contributed by atoms with Gasteiger partial charge < -0.3 is 26.2 Å². The van der Waals surface area contributed by atoms with E-state index in [-0.39, 0.29) is 37.0 Å². The van der Waals surface area contributed by atoms with E-state index in [1.54, 1.807) is 0 Å². The van der Waals surface area contributed by atoms with Crippen LogP contribution in [0.4, 0.5) is 0 Å². The topological polar surface area (TPSA) is 180 Å². The third-order valence-electron chi connectivity index (χ3n) is 10.4. The Morgan fingerprint density at radius 2 is 1.73 bits per heavy atom. The summed E-state index contributed by atoms with van der Waals surface area (Å²) >= 11 is 0. The number of likely N-dealkylation sites (tertiary alicyclic amines) is 1. The summed E-state index contributed by atoms with van der Waals surface area (Å²) in [6, 6.07) is -3.96. The van der Waals surface area contributed by atoms with Gasteiger partial charge in [0.15, 0.2) is 0 Å². The zero-order chi connectivity index (χ0) is 37.9. The van der Waals surface area contributed by atoms with Gasteiger partial charge in [0.05, 0.1) is 12.2 Å². The Morgan fingerprint density at radius 1 is 1.04 bits per heavy atom. The molecule has 282 valence electrons. The van der Waals surface area contributed by atoms with E-state index in [9.17, 15) is 28.8 Å². The fourth-order valence-electron chi connectivity index (χ4n) is 7.06. The number of hydrogen-bond acceptors (Lipinski definition) is 8. The molecule has 0 aromatic carbocycles. The second-order valence-corrected chi connectivity index (χ2v) is 15.8. The van der Waals surface area contributed by atoms with Crippen molar-refractivity contribution in [2.75, 3.05) is 13.1 Å². The number of nitrogens with one attached hydrogen (secondary N) is 4. The maximum Gasteiger partial charge on any atom is 0.289 e. The molecule has 2 heterocycles. The summed E-state index contributed by atoms with van der Waals surface area (Å²) in [6.45, 7) is 17.5. The van der Waals surface area contributed by atoms with Gasteiger partial charge in [-0.15, -0.1) is 6.58 Å². The van der Waals surface area contributed by atoms with E-state index in [4.69, 9.17) is 0 Å². The van der Waals surface area contributed by atoms with Crippen molar-refractivity contribution in [3.05, 3.63) is 36.9 Å². The third kappa shape index (κ3) is 10.9. The molecular weight excluding hydrogens is 650 g/mol. The molecule has 0 bridgehead atoms. The van der Waals surface area contributed by atoms with E-state index in [0.29, 0.717) is 25.7 Å². The number of carbonyl (C=O) groups excluding carboxylic acids is 6. The van der Waals surface area contributed by atoms with E-state index >= 15 is 0 Å². The second kappa shape index (κ2) is 18.4. The molecule has 13 heteroatoms. The van der Waals surface area contributed by atoms with Crippen LogP contribution in [0, 0.1) is 22.7 Å². The van der Waals surface area contributed by atoms with Crippen LogP contribution in [-0.2, 0) is 24.0 Å². The van der Waals surface area contributed by atoms with Gasteiger partial charge in [-0.3, -0.25) is 33.8 Å². The molecule has 1 aromatic rings. The maximum atomic E-state index is 14.6. The van der Waals surface area contributed by atoms with E-state index in [1.165, 1.54) is 29.6 Å². The summed E-state index contributed by atoms with van der Waals surface area (Å²) < 4.78 is 0. The number of rotatable bonds is 16. The van der Waals surface area contributed by atoms with Crippen molar-refractivity contribution >= 4 is 35.3 Å². The molecule has 1 saturated heterocycles. The fourth-order valence-corrected chi connectivity index (χ4v) is 7.06. The first-order valence-electron chi connectivity index (χ1n) is 18.4. The smallest absolute Gasteiger partial charge is 0.289 e. The van der Waals surface area contributed by atoms with Crippen LogP contribution in [0.15, 0.2) is 31.2 Å². The van der Waals surface area contributed by atoms with Crippen molar-refractivity contribution in [2.45, 2.75) is 130 Å². The molecule has 1 unspecified atom stereocenters. The lowest BCUT2D eigenvalue weighted by Gasteiger charge is -2.42. The number of nitrogens with zero attached hydrogens (tertiary/aromatic N) is 3. The molecule has 1 aliphatic carbocycles. The van der Waals surface area contributed by atoms with Crippen LogP contribution in [0.5, 0.6) is 0 Å². The zero-order valence-corrected chi connectivity index (χ0v) is 31.5. The predicted octanol–water partition coefficient (Wildman–Crippen LogP) is 3.50. The van der Waals surface area contributed by atoms with Crippen molar-refractivity contribution in [1.29, 1.82) is 0 Å². The molecule has 1 aliphatic heterocycles. The maximum absolute atomic E-state index is 14.6. The van der Waals surface area contributed by atoms with Crippen LogP contribution in [0.1, 0.15) is 117 Å². The SMILES string of the molecule is C=CCNC(=O)C(=O)C(CCCC)NC(=O)[C@@H]1C[C@@H](C(C)C)CN1C(=O)[C@@H](NC(=O)[C@@H](NC(=O)c1cnccn1)C1(C)CCCCC1)C(C)(C)C. The van der Waals surface area contributed by atoms with Crippen LogP contribution in [0.25, 0.3) is 0 Å².